The van der Waals surface area contributed by atoms with Crippen LogP contribution in [0, 0.1) is 0 Å². The molecule has 1 aliphatic rings. The number of carbonyl (C=O) groups is 1. The van der Waals surface area contributed by atoms with Crippen LogP contribution in [0.15, 0.2) is 64.3 Å². The third kappa shape index (κ3) is 6.54. The van der Waals surface area contributed by atoms with Gasteiger partial charge in [-0.05, 0) is 44.0 Å². The minimum Gasteiger partial charge on any atom is -0.462 e. The largest absolute Gasteiger partial charge is 0.462 e. The zero-order chi connectivity index (χ0) is 31.7. The standard InChI is InChI=1S/C26H28F4N3O8PS/c1-14(2)39-22(36)15(3)32-42(43,41-18-10-6-8-16-7-4-5-9-17(16)18)38-13-25(23(27)28)26(29,30)20(35)21(40-25)33-12-11-19(34)31-24(33)37/h4-12,14-15,20-21,23,35H,13H2,1-3H3,(H,32,43)(H,31,34,37)/t15-,20-,21+,25-,42?/m0/s1. The topological polar surface area (TPSA) is 141 Å². The van der Waals surface area contributed by atoms with Gasteiger partial charge in [0, 0.05) is 17.6 Å². The Hall–Kier alpha value is -3.14. The number of nitrogens with zero attached hydrogens (tertiary/aromatic N) is 1. The number of aromatic amines is 1. The van der Waals surface area contributed by atoms with Crippen molar-refractivity contribution in [1.29, 1.82) is 0 Å². The number of nitrogens with one attached hydrogen (secondary N) is 2. The molecular weight excluding hydrogens is 621 g/mol. The van der Waals surface area contributed by atoms with Gasteiger partial charge in [0.25, 0.3) is 12.0 Å². The van der Waals surface area contributed by atoms with Gasteiger partial charge in [0.05, 0.1) is 12.7 Å². The van der Waals surface area contributed by atoms with Crippen LogP contribution in [0.2, 0.25) is 0 Å². The highest BCUT2D eigenvalue weighted by Gasteiger charge is 2.74. The summed E-state index contributed by atoms with van der Waals surface area (Å²) in [5, 5.41) is 14.2. The molecule has 4 rings (SSSR count). The highest BCUT2D eigenvalue weighted by atomic mass is 32.5. The fourth-order valence-electron chi connectivity index (χ4n) is 4.31. The van der Waals surface area contributed by atoms with Crippen molar-refractivity contribution >= 4 is 35.2 Å². The van der Waals surface area contributed by atoms with E-state index in [9.17, 15) is 28.3 Å². The lowest BCUT2D eigenvalue weighted by atomic mass is 9.95. The Kier molecular flexibility index (Phi) is 9.50. The Morgan fingerprint density at radius 2 is 1.84 bits per heavy atom. The first-order valence-corrected chi connectivity index (χ1v) is 15.5. The second-order valence-corrected chi connectivity index (χ2v) is 13.1. The third-order valence-corrected chi connectivity index (χ3v) is 8.95. The number of aliphatic hydroxyl groups is 1. The maximum absolute atomic E-state index is 15.5. The van der Waals surface area contributed by atoms with Crippen LogP contribution in [0.3, 0.4) is 0 Å². The molecule has 0 spiro atoms. The van der Waals surface area contributed by atoms with E-state index in [0.29, 0.717) is 21.5 Å². The zero-order valence-electron chi connectivity index (χ0n) is 22.9. The van der Waals surface area contributed by atoms with Gasteiger partial charge < -0.3 is 23.6 Å². The Morgan fingerprint density at radius 3 is 2.49 bits per heavy atom. The molecule has 1 aromatic heterocycles. The summed E-state index contributed by atoms with van der Waals surface area (Å²) in [6.45, 7) is -1.32. The number of alkyl halides is 4. The van der Waals surface area contributed by atoms with E-state index in [4.69, 9.17) is 30.3 Å². The number of hydrogen-bond donors (Lipinski definition) is 3. The molecule has 1 saturated heterocycles. The lowest BCUT2D eigenvalue weighted by Gasteiger charge is -2.35. The lowest BCUT2D eigenvalue weighted by molar-refractivity contribution is -0.241. The van der Waals surface area contributed by atoms with Crippen molar-refractivity contribution in [2.24, 2.45) is 0 Å². The number of aromatic nitrogens is 2. The van der Waals surface area contributed by atoms with Crippen molar-refractivity contribution in [3.63, 3.8) is 0 Å². The van der Waals surface area contributed by atoms with E-state index in [2.05, 4.69) is 5.09 Å². The number of carbonyl (C=O) groups excluding carboxylic acids is 1. The molecule has 1 aliphatic heterocycles. The number of H-pyrrole nitrogens is 1. The molecule has 0 radical (unpaired) electrons. The van der Waals surface area contributed by atoms with Crippen LogP contribution in [0.5, 0.6) is 5.75 Å². The van der Waals surface area contributed by atoms with Crippen LogP contribution in [0.1, 0.15) is 27.0 Å². The molecule has 11 nitrogen and oxygen atoms in total. The molecule has 0 aliphatic carbocycles. The van der Waals surface area contributed by atoms with Gasteiger partial charge in [0.1, 0.15) is 11.8 Å². The zero-order valence-corrected chi connectivity index (χ0v) is 24.6. The fraction of sp³-hybridized carbons (Fsp3) is 0.423. The molecule has 43 heavy (non-hydrogen) atoms. The van der Waals surface area contributed by atoms with Gasteiger partial charge in [-0.3, -0.25) is 19.1 Å². The fourth-order valence-corrected chi connectivity index (χ4v) is 6.73. The predicted molar refractivity (Wildman–Crippen MR) is 150 cm³/mol. The van der Waals surface area contributed by atoms with Crippen molar-refractivity contribution < 1.29 is 46.0 Å². The van der Waals surface area contributed by atoms with Crippen LogP contribution in [0.4, 0.5) is 17.6 Å². The lowest BCUT2D eigenvalue weighted by Crippen LogP contribution is -2.57. The quantitative estimate of drug-likeness (QED) is 0.161. The predicted octanol–water partition coefficient (Wildman–Crippen LogP) is 3.47. The van der Waals surface area contributed by atoms with Crippen molar-refractivity contribution in [3.05, 3.63) is 75.6 Å². The molecule has 17 heteroatoms. The number of rotatable bonds is 11. The van der Waals surface area contributed by atoms with Gasteiger partial charge in [0.2, 0.25) is 5.60 Å². The normalized spacial score (nSPS) is 23.8. The minimum atomic E-state index is -4.72. The Balaban J connectivity index is 1.72. The Morgan fingerprint density at radius 1 is 1.16 bits per heavy atom. The van der Waals surface area contributed by atoms with E-state index >= 15 is 8.78 Å². The first-order valence-electron chi connectivity index (χ1n) is 12.8. The second kappa shape index (κ2) is 12.5. The first kappa shape index (κ1) is 32.8. The third-order valence-electron chi connectivity index (χ3n) is 6.49. The number of hydrogen-bond acceptors (Lipinski definition) is 9. The summed E-state index contributed by atoms with van der Waals surface area (Å²) < 4.78 is 82.2. The molecule has 2 aromatic carbocycles. The Bertz CT molecular complexity index is 1650. The SMILES string of the molecule is CC(C)OC(=O)[C@H](C)NP(=S)(OC[C@@]1(C(F)F)O[C@@H](n2ccc(=O)[nH]c2=O)[C@H](O)C1(F)F)Oc1cccc2ccccc12. The summed E-state index contributed by atoms with van der Waals surface area (Å²) in [6.07, 6.45) is -9.13. The van der Waals surface area contributed by atoms with Gasteiger partial charge in [-0.25, -0.2) is 18.7 Å². The summed E-state index contributed by atoms with van der Waals surface area (Å²) >= 11 is 5.53. The van der Waals surface area contributed by atoms with Gasteiger partial charge in [-0.2, -0.15) is 8.78 Å². The maximum Gasteiger partial charge on any atom is 0.330 e. The number of benzene rings is 2. The second-order valence-electron chi connectivity index (χ2n) is 9.96. The summed E-state index contributed by atoms with van der Waals surface area (Å²) in [5.41, 5.74) is -6.03. The smallest absolute Gasteiger partial charge is 0.330 e. The van der Waals surface area contributed by atoms with Gasteiger partial charge in [-0.1, -0.05) is 36.4 Å². The van der Waals surface area contributed by atoms with E-state index in [1.54, 1.807) is 55.2 Å². The molecular formula is C26H28F4N3O8PS. The van der Waals surface area contributed by atoms with Crippen LogP contribution < -0.4 is 20.9 Å². The minimum absolute atomic E-state index is 0.0984. The van der Waals surface area contributed by atoms with Crippen LogP contribution in [-0.2, 0) is 30.6 Å². The summed E-state index contributed by atoms with van der Waals surface area (Å²) in [6, 6.07) is 11.2. The summed E-state index contributed by atoms with van der Waals surface area (Å²) in [4.78, 5) is 38.0. The molecule has 5 atom stereocenters. The molecule has 2 heterocycles. The van der Waals surface area contributed by atoms with Crippen molar-refractivity contribution in [2.75, 3.05) is 6.61 Å². The number of fused-ring (bicyclic) bond motifs is 1. The number of esters is 1. The van der Waals surface area contributed by atoms with Crippen LogP contribution in [0.25, 0.3) is 10.8 Å². The highest BCUT2D eigenvalue weighted by molar-refractivity contribution is 8.09. The summed E-state index contributed by atoms with van der Waals surface area (Å²) in [5.74, 6) is -5.43. The number of ether oxygens (including phenoxy) is 2. The van der Waals surface area contributed by atoms with Crippen molar-refractivity contribution in [1.82, 2.24) is 14.6 Å². The summed E-state index contributed by atoms with van der Waals surface area (Å²) in [7, 11) is 0. The molecule has 0 bridgehead atoms. The molecule has 1 unspecified atom stereocenters. The number of halogens is 4. The molecule has 234 valence electrons. The van der Waals surface area contributed by atoms with Crippen LogP contribution >= 0.6 is 6.64 Å². The highest BCUT2D eigenvalue weighted by Crippen LogP contribution is 2.54. The maximum atomic E-state index is 15.5. The van der Waals surface area contributed by atoms with E-state index in [-0.39, 0.29) is 5.75 Å². The molecule has 0 saturated carbocycles. The van der Waals surface area contributed by atoms with Gasteiger partial charge in [-0.15, -0.1) is 0 Å². The molecule has 3 N–H and O–H groups in total. The first-order chi connectivity index (χ1) is 20.1. The van der Waals surface area contributed by atoms with Gasteiger partial charge >= 0.3 is 24.2 Å². The van der Waals surface area contributed by atoms with E-state index in [1.165, 1.54) is 13.0 Å². The van der Waals surface area contributed by atoms with E-state index < -0.39 is 72.9 Å². The molecule has 1 fully saturated rings. The molecule has 0 amide bonds. The van der Waals surface area contributed by atoms with Gasteiger partial charge in [0.15, 0.2) is 12.3 Å². The number of aliphatic hydroxyl groups excluding tert-OH is 1. The van der Waals surface area contributed by atoms with Crippen molar-refractivity contribution in [2.45, 2.75) is 63.2 Å². The average Bonchev–Trinajstić information content (AvgIpc) is 3.13. The van der Waals surface area contributed by atoms with E-state index in [0.717, 1.165) is 6.07 Å². The van der Waals surface area contributed by atoms with E-state index in [1.807, 2.05) is 0 Å². The Labute approximate surface area is 246 Å². The average molecular weight is 650 g/mol. The molecule has 3 aromatic rings. The van der Waals surface area contributed by atoms with Crippen LogP contribution in [-0.4, -0.2) is 63.4 Å². The monoisotopic (exact) mass is 649 g/mol. The van der Waals surface area contributed by atoms with Crippen molar-refractivity contribution in [3.8, 4) is 5.75 Å².